The van der Waals surface area contributed by atoms with Gasteiger partial charge in [0.15, 0.2) is 0 Å². The Labute approximate surface area is 224 Å². The number of hydrogen-bond acceptors (Lipinski definition) is 5. The van der Waals surface area contributed by atoms with Crippen molar-refractivity contribution in [2.75, 3.05) is 13.1 Å². The van der Waals surface area contributed by atoms with Gasteiger partial charge in [0.2, 0.25) is 5.91 Å². The van der Waals surface area contributed by atoms with Gasteiger partial charge in [-0.15, -0.1) is 0 Å². The average molecular weight is 509 g/mol. The van der Waals surface area contributed by atoms with Crippen LogP contribution in [0.5, 0.6) is 0 Å². The largest absolute Gasteiger partial charge is 0.356 e. The van der Waals surface area contributed by atoms with E-state index in [1.807, 2.05) is 18.3 Å². The van der Waals surface area contributed by atoms with E-state index in [4.69, 9.17) is 9.97 Å². The molecule has 0 radical (unpaired) electrons. The first kappa shape index (κ1) is 24.8. The number of imidazole rings is 1. The summed E-state index contributed by atoms with van der Waals surface area (Å²) in [6.07, 6.45) is 7.33. The minimum absolute atomic E-state index is 0.0850. The second-order valence-electron chi connectivity index (χ2n) is 10.6. The maximum Gasteiger partial charge on any atom is 0.224 e. The topological polar surface area (TPSA) is 85.9 Å². The van der Waals surface area contributed by atoms with Gasteiger partial charge in [-0.1, -0.05) is 42.5 Å². The van der Waals surface area contributed by atoms with Crippen molar-refractivity contribution in [3.8, 4) is 0 Å². The van der Waals surface area contributed by atoms with Gasteiger partial charge in [0.1, 0.15) is 5.82 Å². The molecule has 0 saturated carbocycles. The Balaban J connectivity index is 1.17. The van der Waals surface area contributed by atoms with E-state index in [9.17, 15) is 4.79 Å². The normalized spacial score (nSPS) is 19.4. The number of aromatic amines is 1. The minimum Gasteiger partial charge on any atom is -0.356 e. The van der Waals surface area contributed by atoms with Crippen LogP contribution in [0, 0.1) is 5.92 Å². The molecule has 0 spiro atoms. The fourth-order valence-corrected chi connectivity index (χ4v) is 5.91. The van der Waals surface area contributed by atoms with Crippen molar-refractivity contribution in [3.63, 3.8) is 0 Å². The molecule has 7 nitrogen and oxygen atoms in total. The second-order valence-corrected chi connectivity index (χ2v) is 10.6. The summed E-state index contributed by atoms with van der Waals surface area (Å²) in [5.74, 6) is 1.26. The number of aryl methyl sites for hydroxylation is 1. The number of aromatic nitrogens is 3. The summed E-state index contributed by atoms with van der Waals surface area (Å²) in [4.78, 5) is 27.8. The molecular weight excluding hydrogens is 472 g/mol. The van der Waals surface area contributed by atoms with Crippen LogP contribution in [-0.2, 0) is 30.8 Å². The summed E-state index contributed by atoms with van der Waals surface area (Å²) in [5, 5.41) is 6.45. The number of piperidine rings is 1. The fraction of sp³-hybridized carbons (Fsp3) is 0.387. The predicted molar refractivity (Wildman–Crippen MR) is 149 cm³/mol. The zero-order valence-corrected chi connectivity index (χ0v) is 21.8. The summed E-state index contributed by atoms with van der Waals surface area (Å²) in [6.45, 7) is 3.88. The number of fused-ring (bicyclic) bond motifs is 2. The zero-order valence-electron chi connectivity index (χ0n) is 21.8. The Morgan fingerprint density at radius 2 is 1.82 bits per heavy atom. The molecule has 1 aliphatic heterocycles. The Morgan fingerprint density at radius 1 is 0.947 bits per heavy atom. The Morgan fingerprint density at radius 3 is 2.68 bits per heavy atom. The first-order chi connectivity index (χ1) is 18.7. The lowest BCUT2D eigenvalue weighted by Gasteiger charge is -2.34. The lowest BCUT2D eigenvalue weighted by atomic mass is 9.90. The number of amides is 1. The third-order valence-electron chi connectivity index (χ3n) is 7.93. The number of carbonyl (C=O) groups is 1. The number of hydrogen-bond donors (Lipinski definition) is 3. The van der Waals surface area contributed by atoms with Crippen LogP contribution in [0.15, 0.2) is 66.9 Å². The molecule has 3 heterocycles. The summed E-state index contributed by atoms with van der Waals surface area (Å²) < 4.78 is 0. The van der Waals surface area contributed by atoms with Crippen molar-refractivity contribution in [3.05, 3.63) is 95.1 Å². The number of nitrogens with one attached hydrogen (secondary N) is 3. The van der Waals surface area contributed by atoms with Crippen LogP contribution < -0.4 is 10.6 Å². The summed E-state index contributed by atoms with van der Waals surface area (Å²) in [7, 11) is 0. The molecule has 2 aromatic carbocycles. The van der Waals surface area contributed by atoms with Crippen molar-refractivity contribution in [1.82, 2.24) is 30.5 Å². The van der Waals surface area contributed by atoms with E-state index in [0.717, 1.165) is 75.3 Å². The predicted octanol–water partition coefficient (Wildman–Crippen LogP) is 4.65. The number of carbonyl (C=O) groups excluding carboxylic acids is 1. The number of pyridine rings is 1. The maximum atomic E-state index is 12.0. The third-order valence-corrected chi connectivity index (χ3v) is 7.93. The van der Waals surface area contributed by atoms with Crippen molar-refractivity contribution in [1.29, 1.82) is 0 Å². The Hall–Kier alpha value is -3.55. The van der Waals surface area contributed by atoms with Gasteiger partial charge in [-0.3, -0.25) is 14.7 Å². The summed E-state index contributed by atoms with van der Waals surface area (Å²) in [6, 6.07) is 21.6. The van der Waals surface area contributed by atoms with Crippen molar-refractivity contribution in [2.45, 2.75) is 57.8 Å². The smallest absolute Gasteiger partial charge is 0.224 e. The van der Waals surface area contributed by atoms with Gasteiger partial charge in [0, 0.05) is 32.4 Å². The summed E-state index contributed by atoms with van der Waals surface area (Å²) >= 11 is 0. The van der Waals surface area contributed by atoms with Crippen LogP contribution in [0.25, 0.3) is 11.0 Å². The molecule has 1 amide bonds. The molecule has 2 aromatic heterocycles. The van der Waals surface area contributed by atoms with Gasteiger partial charge < -0.3 is 15.6 Å². The SMILES string of the molecule is O=C1NCCCC1CNCc1ccc(CN(Cc2nc3ccccc3[nH]2)C2CCCc3cccnc32)cc1. The number of H-pyrrole nitrogens is 1. The lowest BCUT2D eigenvalue weighted by molar-refractivity contribution is -0.126. The minimum atomic E-state index is 0.0850. The van der Waals surface area contributed by atoms with E-state index >= 15 is 0 Å². The van der Waals surface area contributed by atoms with Crippen LogP contribution in [0.3, 0.4) is 0 Å². The van der Waals surface area contributed by atoms with Gasteiger partial charge in [-0.2, -0.15) is 0 Å². The maximum absolute atomic E-state index is 12.0. The van der Waals surface area contributed by atoms with E-state index in [0.29, 0.717) is 0 Å². The van der Waals surface area contributed by atoms with E-state index in [1.54, 1.807) is 0 Å². The molecule has 38 heavy (non-hydrogen) atoms. The number of nitrogens with zero attached hydrogens (tertiary/aromatic N) is 3. The molecule has 2 atom stereocenters. The van der Waals surface area contributed by atoms with Crippen molar-refractivity contribution < 1.29 is 4.79 Å². The number of rotatable bonds is 9. The highest BCUT2D eigenvalue weighted by atomic mass is 16.1. The first-order valence-corrected chi connectivity index (χ1v) is 13.9. The molecule has 1 aliphatic carbocycles. The highest BCUT2D eigenvalue weighted by Crippen LogP contribution is 2.34. The molecule has 4 aromatic rings. The third kappa shape index (κ3) is 5.64. The first-order valence-electron chi connectivity index (χ1n) is 13.9. The Bertz CT molecular complexity index is 1350. The summed E-state index contributed by atoms with van der Waals surface area (Å²) in [5.41, 5.74) is 7.17. The number of para-hydroxylation sites is 2. The van der Waals surface area contributed by atoms with E-state index in [1.165, 1.54) is 28.8 Å². The lowest BCUT2D eigenvalue weighted by Crippen LogP contribution is -2.41. The van der Waals surface area contributed by atoms with Crippen LogP contribution in [0.2, 0.25) is 0 Å². The van der Waals surface area contributed by atoms with Crippen LogP contribution >= 0.6 is 0 Å². The molecule has 1 saturated heterocycles. The van der Waals surface area contributed by atoms with Gasteiger partial charge in [-0.25, -0.2) is 4.98 Å². The van der Waals surface area contributed by atoms with Crippen LogP contribution in [0.4, 0.5) is 0 Å². The molecule has 1 fully saturated rings. The molecule has 196 valence electrons. The van der Waals surface area contributed by atoms with E-state index < -0.39 is 0 Å². The second kappa shape index (κ2) is 11.5. The van der Waals surface area contributed by atoms with E-state index in [2.05, 4.69) is 69.0 Å². The molecule has 6 rings (SSSR count). The van der Waals surface area contributed by atoms with Crippen molar-refractivity contribution >= 4 is 16.9 Å². The van der Waals surface area contributed by atoms with Crippen LogP contribution in [-0.4, -0.2) is 38.8 Å². The van der Waals surface area contributed by atoms with Gasteiger partial charge in [0.25, 0.3) is 0 Å². The van der Waals surface area contributed by atoms with Gasteiger partial charge in [0.05, 0.1) is 35.2 Å². The standard InChI is InChI=1S/C31H36N6O/c38-31-25(8-5-17-34-31)19-32-18-22-12-14-23(15-13-22)20-37(21-29-35-26-9-1-2-10-27(26)36-29)28-11-3-6-24-7-4-16-33-30(24)28/h1-2,4,7,9-10,12-16,25,28,32H,3,5-6,8,11,17-21H2,(H,34,38)(H,35,36). The Kier molecular flexibility index (Phi) is 7.47. The monoisotopic (exact) mass is 508 g/mol. The molecular formula is C31H36N6O. The molecule has 7 heteroatoms. The molecule has 3 N–H and O–H groups in total. The molecule has 2 unspecified atom stereocenters. The van der Waals surface area contributed by atoms with Crippen molar-refractivity contribution in [2.24, 2.45) is 5.92 Å². The van der Waals surface area contributed by atoms with Gasteiger partial charge >= 0.3 is 0 Å². The highest BCUT2D eigenvalue weighted by Gasteiger charge is 2.28. The quantitative estimate of drug-likeness (QED) is 0.306. The molecule has 0 bridgehead atoms. The van der Waals surface area contributed by atoms with Crippen LogP contribution in [0.1, 0.15) is 59.9 Å². The number of benzene rings is 2. The average Bonchev–Trinajstić information content (AvgIpc) is 3.37. The van der Waals surface area contributed by atoms with Gasteiger partial charge in [-0.05, 0) is 67.0 Å². The highest BCUT2D eigenvalue weighted by molar-refractivity contribution is 5.79. The zero-order chi connectivity index (χ0) is 25.7. The van der Waals surface area contributed by atoms with E-state index in [-0.39, 0.29) is 17.9 Å². The molecule has 2 aliphatic rings. The fourth-order valence-electron chi connectivity index (χ4n) is 5.91.